The van der Waals surface area contributed by atoms with Gasteiger partial charge in [0, 0.05) is 42.1 Å². The largest absolute Gasteiger partial charge is 0.354 e. The third-order valence-electron chi connectivity index (χ3n) is 3.82. The van der Waals surface area contributed by atoms with Crippen LogP contribution in [0.3, 0.4) is 0 Å². The molecule has 1 aromatic carbocycles. The molecule has 0 fully saturated rings. The summed E-state index contributed by atoms with van der Waals surface area (Å²) in [5, 5.41) is 6.70. The van der Waals surface area contributed by atoms with Crippen molar-refractivity contribution in [1.82, 2.24) is 10.6 Å². The van der Waals surface area contributed by atoms with Gasteiger partial charge < -0.3 is 10.6 Å². The molecule has 0 saturated carbocycles. The summed E-state index contributed by atoms with van der Waals surface area (Å²) < 4.78 is 22.7. The van der Waals surface area contributed by atoms with Crippen molar-refractivity contribution in [2.45, 2.75) is 38.6 Å². The van der Waals surface area contributed by atoms with Crippen molar-refractivity contribution in [1.29, 1.82) is 0 Å². The maximum absolute atomic E-state index is 11.3. The second-order valence-electron chi connectivity index (χ2n) is 6.57. The Bertz CT molecular complexity index is 846. The SMILES string of the molecule is CN=C(NCc1ccc(CS(C)(=O)=O)cc1)NC(C)Cc1ccc(C)s1.I. The van der Waals surface area contributed by atoms with Crippen LogP contribution in [0.25, 0.3) is 0 Å². The van der Waals surface area contributed by atoms with Crippen LogP contribution in [0.15, 0.2) is 41.4 Å². The molecule has 1 aromatic heterocycles. The summed E-state index contributed by atoms with van der Waals surface area (Å²) in [7, 11) is -1.24. The van der Waals surface area contributed by atoms with Gasteiger partial charge in [0.1, 0.15) is 0 Å². The fraction of sp³-hybridized carbons (Fsp3) is 0.421. The van der Waals surface area contributed by atoms with Crippen molar-refractivity contribution >= 4 is 51.1 Å². The van der Waals surface area contributed by atoms with E-state index < -0.39 is 9.84 Å². The standard InChI is InChI=1S/C19H27N3O2S2.HI/c1-14(11-18-10-5-15(2)25-18)22-19(20-3)21-12-16-6-8-17(9-7-16)13-26(4,23)24;/h5-10,14H,11-13H2,1-4H3,(H2,20,21,22);1H. The zero-order valence-electron chi connectivity index (χ0n) is 16.2. The lowest BCUT2D eigenvalue weighted by molar-refractivity contribution is 0.601. The summed E-state index contributed by atoms with van der Waals surface area (Å²) >= 11 is 1.82. The van der Waals surface area contributed by atoms with Crippen molar-refractivity contribution in [3.8, 4) is 0 Å². The van der Waals surface area contributed by atoms with Crippen LogP contribution in [-0.2, 0) is 28.6 Å². The normalized spacial score (nSPS) is 13.0. The number of halogens is 1. The molecule has 0 saturated heterocycles. The van der Waals surface area contributed by atoms with Gasteiger partial charge >= 0.3 is 0 Å². The summed E-state index contributed by atoms with van der Waals surface area (Å²) in [5.41, 5.74) is 1.88. The Labute approximate surface area is 183 Å². The molecule has 0 radical (unpaired) electrons. The van der Waals surface area contributed by atoms with Crippen molar-refractivity contribution in [2.24, 2.45) is 4.99 Å². The van der Waals surface area contributed by atoms with Gasteiger partial charge in [-0.05, 0) is 37.1 Å². The number of sulfone groups is 1. The molecule has 0 aliphatic heterocycles. The molecule has 5 nitrogen and oxygen atoms in total. The first-order valence-electron chi connectivity index (χ1n) is 8.53. The van der Waals surface area contributed by atoms with E-state index in [2.05, 4.69) is 41.6 Å². The van der Waals surface area contributed by atoms with E-state index >= 15 is 0 Å². The molecule has 2 N–H and O–H groups in total. The molecule has 150 valence electrons. The first-order valence-corrected chi connectivity index (χ1v) is 11.4. The van der Waals surface area contributed by atoms with E-state index in [1.165, 1.54) is 16.0 Å². The summed E-state index contributed by atoms with van der Waals surface area (Å²) in [6.07, 6.45) is 2.20. The van der Waals surface area contributed by atoms with E-state index in [-0.39, 0.29) is 35.8 Å². The van der Waals surface area contributed by atoms with Crippen LogP contribution in [0, 0.1) is 6.92 Å². The van der Waals surface area contributed by atoms with Gasteiger partial charge in [0.05, 0.1) is 5.75 Å². The highest BCUT2D eigenvalue weighted by Crippen LogP contribution is 2.16. The molecule has 2 aromatic rings. The Hall–Kier alpha value is -1.13. The Morgan fingerprint density at radius 2 is 1.78 bits per heavy atom. The maximum atomic E-state index is 11.3. The first kappa shape index (κ1) is 23.9. The van der Waals surface area contributed by atoms with Gasteiger partial charge in [0.25, 0.3) is 0 Å². The molecule has 0 spiro atoms. The van der Waals surface area contributed by atoms with E-state index in [9.17, 15) is 8.42 Å². The fourth-order valence-corrected chi connectivity index (χ4v) is 4.43. The van der Waals surface area contributed by atoms with Crippen molar-refractivity contribution in [2.75, 3.05) is 13.3 Å². The number of benzene rings is 1. The third-order valence-corrected chi connectivity index (χ3v) is 5.70. The van der Waals surface area contributed by atoms with Crippen LogP contribution < -0.4 is 10.6 Å². The van der Waals surface area contributed by atoms with Gasteiger partial charge in [-0.25, -0.2) is 8.42 Å². The molecule has 2 rings (SSSR count). The fourth-order valence-electron chi connectivity index (χ4n) is 2.62. The number of nitrogens with zero attached hydrogens (tertiary/aromatic N) is 1. The molecule has 27 heavy (non-hydrogen) atoms. The van der Waals surface area contributed by atoms with E-state index in [0.717, 1.165) is 23.5 Å². The van der Waals surface area contributed by atoms with Gasteiger partial charge in [-0.15, -0.1) is 35.3 Å². The van der Waals surface area contributed by atoms with E-state index in [4.69, 9.17) is 0 Å². The van der Waals surface area contributed by atoms with Crippen LogP contribution >= 0.6 is 35.3 Å². The minimum Gasteiger partial charge on any atom is -0.354 e. The average Bonchev–Trinajstić information content (AvgIpc) is 2.96. The lowest BCUT2D eigenvalue weighted by atomic mass is 10.1. The molecule has 0 aliphatic rings. The number of hydrogen-bond acceptors (Lipinski definition) is 4. The van der Waals surface area contributed by atoms with Gasteiger partial charge in [0.15, 0.2) is 15.8 Å². The molecule has 0 amide bonds. The molecular weight excluding hydrogens is 493 g/mol. The van der Waals surface area contributed by atoms with E-state index in [1.807, 2.05) is 35.6 Å². The van der Waals surface area contributed by atoms with Crippen molar-refractivity contribution in [3.05, 3.63) is 57.3 Å². The molecule has 0 aliphatic carbocycles. The summed E-state index contributed by atoms with van der Waals surface area (Å²) in [5.74, 6) is 0.829. The lowest BCUT2D eigenvalue weighted by Crippen LogP contribution is -2.42. The number of guanidine groups is 1. The predicted molar refractivity (Wildman–Crippen MR) is 126 cm³/mol. The molecule has 8 heteroatoms. The molecular formula is C19H28IN3O2S2. The minimum absolute atomic E-state index is 0. The topological polar surface area (TPSA) is 70.6 Å². The summed E-state index contributed by atoms with van der Waals surface area (Å²) in [6, 6.07) is 12.2. The van der Waals surface area contributed by atoms with Crippen molar-refractivity contribution < 1.29 is 8.42 Å². The highest BCUT2D eigenvalue weighted by molar-refractivity contribution is 14.0. The number of aliphatic imine (C=N–C) groups is 1. The molecule has 0 bridgehead atoms. The number of nitrogens with one attached hydrogen (secondary N) is 2. The van der Waals surface area contributed by atoms with Crippen LogP contribution in [0.2, 0.25) is 0 Å². The van der Waals surface area contributed by atoms with Crippen LogP contribution in [0.5, 0.6) is 0 Å². The number of rotatable bonds is 7. The zero-order chi connectivity index (χ0) is 19.2. The zero-order valence-corrected chi connectivity index (χ0v) is 20.1. The maximum Gasteiger partial charge on any atom is 0.191 e. The van der Waals surface area contributed by atoms with Gasteiger partial charge in [-0.1, -0.05) is 24.3 Å². The summed E-state index contributed by atoms with van der Waals surface area (Å²) in [4.78, 5) is 6.96. The number of aryl methyl sites for hydroxylation is 1. The molecule has 1 atom stereocenters. The predicted octanol–water partition coefficient (Wildman–Crippen LogP) is 3.52. The highest BCUT2D eigenvalue weighted by atomic mass is 127. The van der Waals surface area contributed by atoms with Gasteiger partial charge in [-0.3, -0.25) is 4.99 Å². The van der Waals surface area contributed by atoms with Gasteiger partial charge in [0.2, 0.25) is 0 Å². The average molecular weight is 521 g/mol. The Kier molecular flexibility index (Phi) is 9.75. The second kappa shape index (κ2) is 11.0. The Morgan fingerprint density at radius 3 is 2.30 bits per heavy atom. The monoisotopic (exact) mass is 521 g/mol. The third kappa shape index (κ3) is 9.07. The Morgan fingerprint density at radius 1 is 1.15 bits per heavy atom. The van der Waals surface area contributed by atoms with E-state index in [1.54, 1.807) is 7.05 Å². The quantitative estimate of drug-likeness (QED) is 0.333. The lowest BCUT2D eigenvalue weighted by Gasteiger charge is -2.17. The van der Waals surface area contributed by atoms with Crippen LogP contribution in [0.1, 0.15) is 27.8 Å². The van der Waals surface area contributed by atoms with Crippen LogP contribution in [-0.4, -0.2) is 33.7 Å². The number of hydrogen-bond donors (Lipinski definition) is 2. The first-order chi connectivity index (χ1) is 12.2. The van der Waals surface area contributed by atoms with E-state index in [0.29, 0.717) is 6.54 Å². The molecule has 1 heterocycles. The Balaban J connectivity index is 0.00000364. The van der Waals surface area contributed by atoms with Gasteiger partial charge in [-0.2, -0.15) is 0 Å². The summed E-state index contributed by atoms with van der Waals surface area (Å²) in [6.45, 7) is 4.89. The molecule has 1 unspecified atom stereocenters. The second-order valence-corrected chi connectivity index (χ2v) is 10.1. The minimum atomic E-state index is -3.00. The van der Waals surface area contributed by atoms with Crippen molar-refractivity contribution in [3.63, 3.8) is 0 Å². The highest BCUT2D eigenvalue weighted by Gasteiger charge is 2.08. The number of thiophene rings is 1. The smallest absolute Gasteiger partial charge is 0.191 e. The van der Waals surface area contributed by atoms with Crippen LogP contribution in [0.4, 0.5) is 0 Å².